The van der Waals surface area contributed by atoms with Crippen molar-refractivity contribution in [2.75, 3.05) is 12.4 Å². The maximum absolute atomic E-state index is 12.5. The second-order valence-electron chi connectivity index (χ2n) is 7.13. The largest absolute Gasteiger partial charge is 0.497 e. The Labute approximate surface area is 190 Å². The Hall–Kier alpha value is -3.77. The summed E-state index contributed by atoms with van der Waals surface area (Å²) >= 11 is 1.42. The van der Waals surface area contributed by atoms with Crippen LogP contribution in [-0.2, 0) is 4.79 Å². The summed E-state index contributed by atoms with van der Waals surface area (Å²) in [7, 11) is 1.63. The van der Waals surface area contributed by atoms with Crippen molar-refractivity contribution in [1.29, 1.82) is 0 Å². The molecule has 32 heavy (non-hydrogen) atoms. The van der Waals surface area contributed by atoms with Gasteiger partial charge in [0.25, 0.3) is 0 Å². The maximum atomic E-state index is 12.5. The van der Waals surface area contributed by atoms with Gasteiger partial charge in [0.1, 0.15) is 5.75 Å². The number of ether oxygens (including phenoxy) is 1. The maximum Gasteiger partial charge on any atom is 0.226 e. The van der Waals surface area contributed by atoms with Crippen molar-refractivity contribution in [3.8, 4) is 27.4 Å². The van der Waals surface area contributed by atoms with Crippen LogP contribution in [0.4, 0.5) is 5.13 Å². The number of hydrogen-bond acceptors (Lipinski definition) is 5. The van der Waals surface area contributed by atoms with E-state index in [0.717, 1.165) is 27.4 Å². The van der Waals surface area contributed by atoms with Crippen LogP contribution in [0.1, 0.15) is 23.2 Å². The monoisotopic (exact) mass is 442 g/mol. The first-order valence-corrected chi connectivity index (χ1v) is 11.0. The molecule has 1 aromatic heterocycles. The fraction of sp³-hybridized carbons (Fsp3) is 0.115. The highest BCUT2D eigenvalue weighted by Crippen LogP contribution is 2.39. The van der Waals surface area contributed by atoms with Gasteiger partial charge in [0.05, 0.1) is 17.7 Å². The SMILES string of the molecule is COc1ccc(-c2nc(NC(=O)CCC(=O)c3ccccc3)sc2-c2ccccc2)cc1. The van der Waals surface area contributed by atoms with Gasteiger partial charge in [-0.25, -0.2) is 4.98 Å². The van der Waals surface area contributed by atoms with E-state index in [4.69, 9.17) is 9.72 Å². The molecule has 1 N–H and O–H groups in total. The number of rotatable bonds is 8. The molecule has 0 saturated heterocycles. The third kappa shape index (κ3) is 5.10. The van der Waals surface area contributed by atoms with Gasteiger partial charge in [0.15, 0.2) is 10.9 Å². The first-order valence-electron chi connectivity index (χ1n) is 10.2. The molecule has 0 aliphatic rings. The van der Waals surface area contributed by atoms with Crippen LogP contribution in [-0.4, -0.2) is 23.8 Å². The zero-order valence-corrected chi connectivity index (χ0v) is 18.4. The smallest absolute Gasteiger partial charge is 0.226 e. The van der Waals surface area contributed by atoms with Gasteiger partial charge >= 0.3 is 0 Å². The second-order valence-corrected chi connectivity index (χ2v) is 8.13. The molecule has 5 nitrogen and oxygen atoms in total. The lowest BCUT2D eigenvalue weighted by Crippen LogP contribution is -2.13. The first kappa shape index (κ1) is 21.5. The predicted molar refractivity (Wildman–Crippen MR) is 128 cm³/mol. The first-order chi connectivity index (χ1) is 15.6. The lowest BCUT2D eigenvalue weighted by Gasteiger charge is -2.04. The predicted octanol–water partition coefficient (Wildman–Crippen LogP) is 6.09. The molecular weight excluding hydrogens is 420 g/mol. The number of nitrogens with one attached hydrogen (secondary N) is 1. The molecule has 0 atom stereocenters. The third-order valence-corrected chi connectivity index (χ3v) is 5.97. The van der Waals surface area contributed by atoms with Crippen molar-refractivity contribution in [2.24, 2.45) is 0 Å². The molecule has 0 bridgehead atoms. The fourth-order valence-electron chi connectivity index (χ4n) is 3.28. The topological polar surface area (TPSA) is 68.3 Å². The van der Waals surface area contributed by atoms with E-state index in [1.165, 1.54) is 11.3 Å². The summed E-state index contributed by atoms with van der Waals surface area (Å²) in [6.45, 7) is 0. The molecule has 0 saturated carbocycles. The molecular formula is C26H22N2O3S. The van der Waals surface area contributed by atoms with Crippen LogP contribution < -0.4 is 10.1 Å². The summed E-state index contributed by atoms with van der Waals surface area (Å²) in [5, 5.41) is 3.37. The summed E-state index contributed by atoms with van der Waals surface area (Å²) in [4.78, 5) is 30.5. The summed E-state index contributed by atoms with van der Waals surface area (Å²) < 4.78 is 5.25. The van der Waals surface area contributed by atoms with Gasteiger partial charge in [-0.05, 0) is 29.8 Å². The minimum atomic E-state index is -0.232. The van der Waals surface area contributed by atoms with E-state index in [2.05, 4.69) is 5.32 Å². The van der Waals surface area contributed by atoms with Crippen molar-refractivity contribution in [3.63, 3.8) is 0 Å². The summed E-state index contributed by atoms with van der Waals surface area (Å²) in [5.74, 6) is 0.481. The highest BCUT2D eigenvalue weighted by Gasteiger charge is 2.17. The number of carbonyl (C=O) groups excluding carboxylic acids is 2. The summed E-state index contributed by atoms with van der Waals surface area (Å²) in [6.07, 6.45) is 0.254. The van der Waals surface area contributed by atoms with Crippen LogP contribution in [0.25, 0.3) is 21.7 Å². The number of nitrogens with zero attached hydrogens (tertiary/aromatic N) is 1. The molecule has 1 heterocycles. The lowest BCUT2D eigenvalue weighted by molar-refractivity contribution is -0.116. The Kier molecular flexibility index (Phi) is 6.72. The number of benzene rings is 3. The Morgan fingerprint density at radius 3 is 2.16 bits per heavy atom. The van der Waals surface area contributed by atoms with Crippen molar-refractivity contribution in [2.45, 2.75) is 12.8 Å². The van der Waals surface area contributed by atoms with Gasteiger partial charge in [-0.3, -0.25) is 9.59 Å². The van der Waals surface area contributed by atoms with Crippen molar-refractivity contribution >= 4 is 28.2 Å². The van der Waals surface area contributed by atoms with E-state index >= 15 is 0 Å². The summed E-state index contributed by atoms with van der Waals surface area (Å²) in [6, 6.07) is 26.6. The highest BCUT2D eigenvalue weighted by atomic mass is 32.1. The van der Waals surface area contributed by atoms with Crippen molar-refractivity contribution in [1.82, 2.24) is 4.98 Å². The number of aromatic nitrogens is 1. The Morgan fingerprint density at radius 2 is 1.50 bits per heavy atom. The van der Waals surface area contributed by atoms with Gasteiger partial charge in [-0.1, -0.05) is 72.0 Å². The number of methoxy groups -OCH3 is 1. The molecule has 1 amide bonds. The average Bonchev–Trinajstić information content (AvgIpc) is 3.27. The van der Waals surface area contributed by atoms with Crippen molar-refractivity contribution in [3.05, 3.63) is 90.5 Å². The average molecular weight is 443 g/mol. The molecule has 6 heteroatoms. The minimum absolute atomic E-state index is 0.0521. The van der Waals surface area contributed by atoms with Crippen LogP contribution in [0.15, 0.2) is 84.9 Å². The Bertz CT molecular complexity index is 1200. The van der Waals surface area contributed by atoms with Gasteiger partial charge in [0.2, 0.25) is 5.91 Å². The standard InChI is InChI=1S/C26H22N2O3S/c1-31-21-14-12-19(13-15-21)24-25(20-10-6-3-7-11-20)32-26(28-24)27-23(30)17-16-22(29)18-8-4-2-5-9-18/h2-15H,16-17H2,1H3,(H,27,28,30). The number of amides is 1. The van der Waals surface area contributed by atoms with E-state index < -0.39 is 0 Å². The van der Waals surface area contributed by atoms with E-state index in [1.807, 2.05) is 72.8 Å². The van der Waals surface area contributed by atoms with Crippen LogP contribution in [0.5, 0.6) is 5.75 Å². The number of Topliss-reactive ketones (excluding diaryl/α,β-unsaturated/α-hetero) is 1. The molecule has 160 valence electrons. The molecule has 0 spiro atoms. The van der Waals surface area contributed by atoms with Crippen LogP contribution >= 0.6 is 11.3 Å². The van der Waals surface area contributed by atoms with E-state index in [1.54, 1.807) is 19.2 Å². The van der Waals surface area contributed by atoms with Gasteiger partial charge in [0, 0.05) is 24.0 Å². The Morgan fingerprint density at radius 1 is 0.844 bits per heavy atom. The molecule has 0 aliphatic carbocycles. The number of ketones is 1. The summed E-state index contributed by atoms with van der Waals surface area (Å²) in [5.41, 5.74) is 3.36. The molecule has 0 radical (unpaired) electrons. The molecule has 3 aromatic carbocycles. The zero-order valence-electron chi connectivity index (χ0n) is 17.6. The van der Waals surface area contributed by atoms with E-state index in [9.17, 15) is 9.59 Å². The quantitative estimate of drug-likeness (QED) is 0.335. The lowest BCUT2D eigenvalue weighted by atomic mass is 10.1. The minimum Gasteiger partial charge on any atom is -0.497 e. The van der Waals surface area contributed by atoms with Crippen LogP contribution in [0.2, 0.25) is 0 Å². The number of anilines is 1. The number of hydrogen-bond donors (Lipinski definition) is 1. The molecule has 0 fully saturated rings. The van der Waals surface area contributed by atoms with Gasteiger partial charge < -0.3 is 10.1 Å². The molecule has 4 aromatic rings. The molecule has 4 rings (SSSR count). The number of thiazole rings is 1. The van der Waals surface area contributed by atoms with Gasteiger partial charge in [-0.2, -0.15) is 0 Å². The molecule has 0 unspecified atom stereocenters. The second kappa shape index (κ2) is 10.0. The van der Waals surface area contributed by atoms with Crippen molar-refractivity contribution < 1.29 is 14.3 Å². The fourth-order valence-corrected chi connectivity index (χ4v) is 4.29. The van der Waals surface area contributed by atoms with Crippen LogP contribution in [0.3, 0.4) is 0 Å². The molecule has 0 aliphatic heterocycles. The van der Waals surface area contributed by atoms with Crippen LogP contribution in [0, 0.1) is 0 Å². The normalized spacial score (nSPS) is 10.5. The van der Waals surface area contributed by atoms with Gasteiger partial charge in [-0.15, -0.1) is 0 Å². The Balaban J connectivity index is 1.53. The van der Waals surface area contributed by atoms with E-state index in [0.29, 0.717) is 10.7 Å². The van der Waals surface area contributed by atoms with E-state index in [-0.39, 0.29) is 24.5 Å². The number of carbonyl (C=O) groups is 2. The highest BCUT2D eigenvalue weighted by molar-refractivity contribution is 7.19. The zero-order chi connectivity index (χ0) is 22.3. The third-order valence-electron chi connectivity index (χ3n) is 4.95.